The lowest BCUT2D eigenvalue weighted by Gasteiger charge is -2.42. The van der Waals surface area contributed by atoms with Gasteiger partial charge >= 0.3 is 5.97 Å². The van der Waals surface area contributed by atoms with Crippen LogP contribution in [0.25, 0.3) is 6.08 Å². The lowest BCUT2D eigenvalue weighted by atomic mass is 9.62. The van der Waals surface area contributed by atoms with Crippen LogP contribution in [0.2, 0.25) is 0 Å². The van der Waals surface area contributed by atoms with E-state index in [2.05, 4.69) is 58.0 Å². The predicted molar refractivity (Wildman–Crippen MR) is 115 cm³/mol. The normalized spacial score (nSPS) is 21.3. The van der Waals surface area contributed by atoms with Crippen LogP contribution in [-0.2, 0) is 21.0 Å². The van der Waals surface area contributed by atoms with Crippen LogP contribution in [-0.4, -0.2) is 11.1 Å². The van der Waals surface area contributed by atoms with Crippen molar-refractivity contribution >= 4 is 12.0 Å². The van der Waals surface area contributed by atoms with Gasteiger partial charge in [-0.3, -0.25) is 0 Å². The first-order chi connectivity index (χ1) is 13.2. The van der Waals surface area contributed by atoms with E-state index in [1.807, 2.05) is 12.1 Å². The van der Waals surface area contributed by atoms with E-state index in [4.69, 9.17) is 5.11 Å². The van der Waals surface area contributed by atoms with Crippen LogP contribution in [0.5, 0.6) is 0 Å². The van der Waals surface area contributed by atoms with Gasteiger partial charge in [-0.05, 0) is 70.4 Å². The highest BCUT2D eigenvalue weighted by atomic mass is 16.4. The Balaban J connectivity index is 1.82. The molecule has 2 nitrogen and oxygen atoms in total. The number of fused-ring (bicyclic) bond motifs is 1. The number of carbonyl (C=O) groups is 1. The highest BCUT2D eigenvalue weighted by molar-refractivity contribution is 5.85. The van der Waals surface area contributed by atoms with Gasteiger partial charge in [0.1, 0.15) is 0 Å². The summed E-state index contributed by atoms with van der Waals surface area (Å²) in [7, 11) is 0. The number of carboxylic acids is 1. The largest absolute Gasteiger partial charge is 0.478 e. The number of hydrogen-bond acceptors (Lipinski definition) is 1. The molecule has 2 aromatic rings. The average Bonchev–Trinajstić information content (AvgIpc) is 3.46. The van der Waals surface area contributed by atoms with E-state index >= 15 is 0 Å². The lowest BCUT2D eigenvalue weighted by molar-refractivity contribution is -0.131. The van der Waals surface area contributed by atoms with Crippen molar-refractivity contribution in [1.29, 1.82) is 0 Å². The molecule has 0 bridgehead atoms. The SMILES string of the molecule is CC1(C)CCC(C)(C)c2cc(C3(c4ccccc4C=CC(=O)O)CC3)ccc21. The van der Waals surface area contributed by atoms with E-state index in [0.29, 0.717) is 0 Å². The summed E-state index contributed by atoms with van der Waals surface area (Å²) in [6, 6.07) is 15.4. The molecule has 28 heavy (non-hydrogen) atoms. The molecule has 0 saturated heterocycles. The molecule has 0 radical (unpaired) electrons. The first-order valence-corrected chi connectivity index (χ1v) is 10.3. The Kier molecular flexibility index (Phi) is 4.30. The van der Waals surface area contributed by atoms with Gasteiger partial charge in [0.05, 0.1) is 0 Å². The zero-order valence-corrected chi connectivity index (χ0v) is 17.4. The monoisotopic (exact) mass is 374 g/mol. The van der Waals surface area contributed by atoms with E-state index in [-0.39, 0.29) is 16.2 Å². The van der Waals surface area contributed by atoms with Gasteiger partial charge in [-0.25, -0.2) is 4.79 Å². The van der Waals surface area contributed by atoms with Gasteiger partial charge in [0.15, 0.2) is 0 Å². The third-order valence-corrected chi connectivity index (χ3v) is 7.04. The van der Waals surface area contributed by atoms with E-state index in [1.54, 1.807) is 6.08 Å². The van der Waals surface area contributed by atoms with Gasteiger partial charge in [-0.1, -0.05) is 70.2 Å². The number of rotatable bonds is 4. The maximum absolute atomic E-state index is 11.0. The van der Waals surface area contributed by atoms with Gasteiger partial charge < -0.3 is 5.11 Å². The molecule has 2 heteroatoms. The summed E-state index contributed by atoms with van der Waals surface area (Å²) in [4.78, 5) is 11.0. The van der Waals surface area contributed by atoms with E-state index < -0.39 is 5.97 Å². The van der Waals surface area contributed by atoms with E-state index in [9.17, 15) is 4.79 Å². The molecule has 1 saturated carbocycles. The van der Waals surface area contributed by atoms with Crippen LogP contribution in [0.3, 0.4) is 0 Å². The number of hydrogen-bond donors (Lipinski definition) is 1. The molecule has 2 aliphatic carbocycles. The quantitative estimate of drug-likeness (QED) is 0.646. The minimum absolute atomic E-state index is 0.0200. The Hall–Kier alpha value is -2.35. The molecule has 0 aromatic heterocycles. The molecule has 0 heterocycles. The predicted octanol–water partition coefficient (Wildman–Crippen LogP) is 6.21. The van der Waals surface area contributed by atoms with Crippen molar-refractivity contribution in [3.63, 3.8) is 0 Å². The van der Waals surface area contributed by atoms with Crippen molar-refractivity contribution < 1.29 is 9.90 Å². The average molecular weight is 375 g/mol. The summed E-state index contributed by atoms with van der Waals surface area (Å²) >= 11 is 0. The van der Waals surface area contributed by atoms with Crippen molar-refractivity contribution in [2.24, 2.45) is 0 Å². The molecular formula is C26H30O2. The van der Waals surface area contributed by atoms with Gasteiger partial charge in [0, 0.05) is 11.5 Å². The molecule has 2 aliphatic rings. The second-order valence-electron chi connectivity index (χ2n) is 9.87. The molecule has 146 valence electrons. The maximum Gasteiger partial charge on any atom is 0.328 e. The van der Waals surface area contributed by atoms with Crippen molar-refractivity contribution in [2.75, 3.05) is 0 Å². The minimum Gasteiger partial charge on any atom is -0.478 e. The summed E-state index contributed by atoms with van der Waals surface area (Å²) in [6.45, 7) is 9.46. The molecule has 1 fully saturated rings. The minimum atomic E-state index is -0.905. The van der Waals surface area contributed by atoms with Crippen LogP contribution in [0.1, 0.15) is 81.2 Å². The second kappa shape index (κ2) is 6.34. The first-order valence-electron chi connectivity index (χ1n) is 10.3. The number of carboxylic acid groups (broad SMARTS) is 1. The zero-order valence-electron chi connectivity index (χ0n) is 17.4. The third-order valence-electron chi connectivity index (χ3n) is 7.04. The second-order valence-corrected chi connectivity index (χ2v) is 9.87. The lowest BCUT2D eigenvalue weighted by Crippen LogP contribution is -2.34. The van der Waals surface area contributed by atoms with Crippen molar-refractivity contribution in [1.82, 2.24) is 0 Å². The van der Waals surface area contributed by atoms with Gasteiger partial charge in [0.2, 0.25) is 0 Å². The molecular weight excluding hydrogens is 344 g/mol. The van der Waals surface area contributed by atoms with E-state index in [1.165, 1.54) is 41.2 Å². The maximum atomic E-state index is 11.0. The van der Waals surface area contributed by atoms with Gasteiger partial charge in [-0.15, -0.1) is 0 Å². The summed E-state index contributed by atoms with van der Waals surface area (Å²) in [5.74, 6) is -0.905. The standard InChI is InChI=1S/C26H30O2/c1-24(2)13-14-25(3,4)22-17-19(10-11-21(22)24)26(15-16-26)20-8-6-5-7-18(20)9-12-23(27)28/h5-12,17H,13-16H2,1-4H3,(H,27,28). The van der Waals surface area contributed by atoms with Crippen molar-refractivity contribution in [2.45, 2.75) is 69.6 Å². The summed E-state index contributed by atoms with van der Waals surface area (Å²) in [5, 5.41) is 9.05. The molecule has 1 N–H and O–H groups in total. The van der Waals surface area contributed by atoms with Crippen LogP contribution < -0.4 is 0 Å². The zero-order chi connectivity index (χ0) is 20.2. The fraction of sp³-hybridized carbons (Fsp3) is 0.423. The Bertz CT molecular complexity index is 958. The molecule has 0 aliphatic heterocycles. The Morgan fingerprint density at radius 2 is 1.50 bits per heavy atom. The van der Waals surface area contributed by atoms with Crippen LogP contribution in [0.4, 0.5) is 0 Å². The Morgan fingerprint density at radius 3 is 2.14 bits per heavy atom. The van der Waals surface area contributed by atoms with Gasteiger partial charge in [0.25, 0.3) is 0 Å². The Morgan fingerprint density at radius 1 is 0.857 bits per heavy atom. The summed E-state index contributed by atoms with van der Waals surface area (Å²) in [6.07, 6.45) is 7.65. The van der Waals surface area contributed by atoms with Crippen molar-refractivity contribution in [3.8, 4) is 0 Å². The molecule has 0 amide bonds. The smallest absolute Gasteiger partial charge is 0.328 e. The summed E-state index contributed by atoms with van der Waals surface area (Å²) < 4.78 is 0. The highest BCUT2D eigenvalue weighted by Gasteiger charge is 2.48. The topological polar surface area (TPSA) is 37.3 Å². The van der Waals surface area contributed by atoms with E-state index in [0.717, 1.165) is 18.4 Å². The number of benzene rings is 2. The van der Waals surface area contributed by atoms with Crippen molar-refractivity contribution in [3.05, 3.63) is 76.4 Å². The highest BCUT2D eigenvalue weighted by Crippen LogP contribution is 2.56. The van der Waals surface area contributed by atoms with Crippen LogP contribution >= 0.6 is 0 Å². The van der Waals surface area contributed by atoms with Crippen LogP contribution in [0, 0.1) is 0 Å². The van der Waals surface area contributed by atoms with Crippen LogP contribution in [0.15, 0.2) is 48.5 Å². The first kappa shape index (κ1) is 19.0. The van der Waals surface area contributed by atoms with Gasteiger partial charge in [-0.2, -0.15) is 0 Å². The molecule has 0 unspecified atom stereocenters. The third kappa shape index (κ3) is 3.09. The summed E-state index contributed by atoms with van der Waals surface area (Å²) in [5.41, 5.74) is 7.07. The Labute approximate surface area is 168 Å². The molecule has 0 atom stereocenters. The molecule has 0 spiro atoms. The number of aliphatic carboxylic acids is 1. The molecule has 2 aromatic carbocycles. The molecule has 4 rings (SSSR count). The fourth-order valence-electron chi connectivity index (χ4n) is 4.96. The fourth-order valence-corrected chi connectivity index (χ4v) is 4.96.